The lowest BCUT2D eigenvalue weighted by molar-refractivity contribution is 0.0894. The van der Waals surface area contributed by atoms with Crippen LogP contribution in [0.15, 0.2) is 6.07 Å². The van der Waals surface area contributed by atoms with E-state index in [0.717, 1.165) is 0 Å². The molecule has 0 aliphatic rings. The SMILES string of the molecule is CCC(=O)n1nc(COC)cc1N. The van der Waals surface area contributed by atoms with Gasteiger partial charge in [-0.1, -0.05) is 6.92 Å². The lowest BCUT2D eigenvalue weighted by atomic mass is 10.4. The average molecular weight is 183 g/mol. The summed E-state index contributed by atoms with van der Waals surface area (Å²) in [5, 5.41) is 3.99. The maximum Gasteiger partial charge on any atom is 0.248 e. The van der Waals surface area contributed by atoms with E-state index in [4.69, 9.17) is 10.5 Å². The first kappa shape index (κ1) is 9.73. The molecule has 0 radical (unpaired) electrons. The van der Waals surface area contributed by atoms with Crippen molar-refractivity contribution in [3.8, 4) is 0 Å². The minimum Gasteiger partial charge on any atom is -0.383 e. The third kappa shape index (κ3) is 2.06. The van der Waals surface area contributed by atoms with Crippen molar-refractivity contribution in [2.75, 3.05) is 12.8 Å². The molecular weight excluding hydrogens is 170 g/mol. The van der Waals surface area contributed by atoms with Crippen LogP contribution >= 0.6 is 0 Å². The van der Waals surface area contributed by atoms with Crippen molar-refractivity contribution in [1.82, 2.24) is 9.78 Å². The first-order chi connectivity index (χ1) is 6.19. The summed E-state index contributed by atoms with van der Waals surface area (Å²) in [6.07, 6.45) is 0.387. The van der Waals surface area contributed by atoms with Gasteiger partial charge in [0, 0.05) is 19.6 Å². The smallest absolute Gasteiger partial charge is 0.248 e. The van der Waals surface area contributed by atoms with Gasteiger partial charge in [-0.2, -0.15) is 9.78 Å². The average Bonchev–Trinajstić information content (AvgIpc) is 2.46. The number of anilines is 1. The van der Waals surface area contributed by atoms with Crippen LogP contribution in [0.2, 0.25) is 0 Å². The van der Waals surface area contributed by atoms with Crippen LogP contribution in [0.3, 0.4) is 0 Å². The zero-order chi connectivity index (χ0) is 9.84. The van der Waals surface area contributed by atoms with Crippen molar-refractivity contribution in [2.45, 2.75) is 20.0 Å². The number of carbonyl (C=O) groups excluding carboxylic acids is 1. The van der Waals surface area contributed by atoms with Crippen molar-refractivity contribution in [2.24, 2.45) is 0 Å². The Bertz CT molecular complexity index is 306. The van der Waals surface area contributed by atoms with Crippen molar-refractivity contribution in [1.29, 1.82) is 0 Å². The van der Waals surface area contributed by atoms with Gasteiger partial charge < -0.3 is 10.5 Å². The van der Waals surface area contributed by atoms with Gasteiger partial charge >= 0.3 is 0 Å². The molecule has 2 N–H and O–H groups in total. The van der Waals surface area contributed by atoms with Crippen LogP contribution in [-0.2, 0) is 11.3 Å². The summed E-state index contributed by atoms with van der Waals surface area (Å²) in [6, 6.07) is 1.64. The maximum absolute atomic E-state index is 11.2. The molecule has 0 unspecified atom stereocenters. The molecule has 1 heterocycles. The molecular formula is C8H13N3O2. The van der Waals surface area contributed by atoms with Crippen molar-refractivity contribution >= 4 is 11.7 Å². The van der Waals surface area contributed by atoms with Crippen molar-refractivity contribution in [3.63, 3.8) is 0 Å². The summed E-state index contributed by atoms with van der Waals surface area (Å²) in [5.74, 6) is 0.249. The van der Waals surface area contributed by atoms with Crippen LogP contribution in [0.25, 0.3) is 0 Å². The first-order valence-corrected chi connectivity index (χ1v) is 4.05. The van der Waals surface area contributed by atoms with E-state index in [1.807, 2.05) is 0 Å². The van der Waals surface area contributed by atoms with Crippen molar-refractivity contribution < 1.29 is 9.53 Å². The van der Waals surface area contributed by atoms with E-state index >= 15 is 0 Å². The predicted octanol–water partition coefficient (Wildman–Crippen LogP) is 0.662. The van der Waals surface area contributed by atoms with Gasteiger partial charge in [-0.05, 0) is 0 Å². The monoisotopic (exact) mass is 183 g/mol. The predicted molar refractivity (Wildman–Crippen MR) is 48.3 cm³/mol. The minimum atomic E-state index is -0.111. The minimum absolute atomic E-state index is 0.111. The molecule has 5 nitrogen and oxygen atoms in total. The molecule has 0 aromatic carbocycles. The Hall–Kier alpha value is -1.36. The van der Waals surface area contributed by atoms with E-state index in [-0.39, 0.29) is 5.91 Å². The molecule has 0 aliphatic heterocycles. The lowest BCUT2D eigenvalue weighted by Crippen LogP contribution is -2.13. The zero-order valence-corrected chi connectivity index (χ0v) is 7.78. The normalized spacial score (nSPS) is 10.3. The van der Waals surface area contributed by atoms with Crippen molar-refractivity contribution in [3.05, 3.63) is 11.8 Å². The van der Waals surface area contributed by atoms with Crippen LogP contribution in [0.5, 0.6) is 0 Å². The Kier molecular flexibility index (Phi) is 3.02. The van der Waals surface area contributed by atoms with Gasteiger partial charge in [0.15, 0.2) is 0 Å². The number of nitrogens with zero attached hydrogens (tertiary/aromatic N) is 2. The standard InChI is InChI=1S/C8H13N3O2/c1-3-8(12)11-7(9)4-6(10-11)5-13-2/h4H,3,5,9H2,1-2H3. The van der Waals surface area contributed by atoms with Crippen LogP contribution < -0.4 is 5.73 Å². The second kappa shape index (κ2) is 4.04. The Morgan fingerprint density at radius 2 is 2.46 bits per heavy atom. The number of rotatable bonds is 3. The van der Waals surface area contributed by atoms with Gasteiger partial charge in [-0.25, -0.2) is 0 Å². The highest BCUT2D eigenvalue weighted by molar-refractivity contribution is 5.80. The summed E-state index contributed by atoms with van der Waals surface area (Å²) in [5.41, 5.74) is 6.24. The molecule has 0 saturated carbocycles. The third-order valence-electron chi connectivity index (χ3n) is 1.62. The third-order valence-corrected chi connectivity index (χ3v) is 1.62. The number of nitrogen functional groups attached to an aromatic ring is 1. The number of hydrogen-bond acceptors (Lipinski definition) is 4. The van der Waals surface area contributed by atoms with E-state index in [1.165, 1.54) is 4.68 Å². The van der Waals surface area contributed by atoms with Crippen LogP contribution in [-0.4, -0.2) is 22.8 Å². The van der Waals surface area contributed by atoms with E-state index in [2.05, 4.69) is 5.10 Å². The Morgan fingerprint density at radius 1 is 1.77 bits per heavy atom. The number of ether oxygens (including phenoxy) is 1. The van der Waals surface area contributed by atoms with Gasteiger partial charge in [0.1, 0.15) is 5.82 Å². The van der Waals surface area contributed by atoms with Gasteiger partial charge in [0.05, 0.1) is 12.3 Å². The fraction of sp³-hybridized carbons (Fsp3) is 0.500. The highest BCUT2D eigenvalue weighted by Crippen LogP contribution is 2.07. The molecule has 1 aromatic heterocycles. The van der Waals surface area contributed by atoms with Gasteiger partial charge in [0.2, 0.25) is 5.91 Å². The summed E-state index contributed by atoms with van der Waals surface area (Å²) in [4.78, 5) is 11.2. The van der Waals surface area contributed by atoms with E-state index in [0.29, 0.717) is 24.5 Å². The molecule has 0 aliphatic carbocycles. The summed E-state index contributed by atoms with van der Waals surface area (Å²) < 4.78 is 6.07. The first-order valence-electron chi connectivity index (χ1n) is 4.05. The number of hydrogen-bond donors (Lipinski definition) is 1. The molecule has 0 amide bonds. The fourth-order valence-corrected chi connectivity index (χ4v) is 1.01. The molecule has 72 valence electrons. The van der Waals surface area contributed by atoms with Gasteiger partial charge in [0.25, 0.3) is 0 Å². The van der Waals surface area contributed by atoms with E-state index in [1.54, 1.807) is 20.1 Å². The molecule has 1 rings (SSSR count). The second-order valence-electron chi connectivity index (χ2n) is 2.65. The topological polar surface area (TPSA) is 70.1 Å². The Morgan fingerprint density at radius 3 is 3.00 bits per heavy atom. The number of nitrogens with two attached hydrogens (primary N) is 1. The molecule has 0 spiro atoms. The fourth-order valence-electron chi connectivity index (χ4n) is 1.01. The zero-order valence-electron chi connectivity index (χ0n) is 7.78. The van der Waals surface area contributed by atoms with Gasteiger partial charge in [-0.15, -0.1) is 0 Å². The Labute approximate surface area is 76.5 Å². The van der Waals surface area contributed by atoms with Crippen LogP contribution in [0, 0.1) is 0 Å². The largest absolute Gasteiger partial charge is 0.383 e. The molecule has 0 bridgehead atoms. The molecule has 13 heavy (non-hydrogen) atoms. The van der Waals surface area contributed by atoms with E-state index in [9.17, 15) is 4.79 Å². The Balaban J connectivity index is 2.89. The lowest BCUT2D eigenvalue weighted by Gasteiger charge is -1.97. The molecule has 0 saturated heterocycles. The quantitative estimate of drug-likeness (QED) is 0.747. The highest BCUT2D eigenvalue weighted by Gasteiger charge is 2.09. The molecule has 0 fully saturated rings. The number of aromatic nitrogens is 2. The molecule has 1 aromatic rings. The number of methoxy groups -OCH3 is 1. The maximum atomic E-state index is 11.2. The van der Waals surface area contributed by atoms with Crippen LogP contribution in [0.4, 0.5) is 5.82 Å². The molecule has 0 atom stereocenters. The summed E-state index contributed by atoms with van der Waals surface area (Å²) >= 11 is 0. The summed E-state index contributed by atoms with van der Waals surface area (Å²) in [7, 11) is 1.57. The van der Waals surface area contributed by atoms with Crippen LogP contribution in [0.1, 0.15) is 23.8 Å². The molecule has 5 heteroatoms. The second-order valence-corrected chi connectivity index (χ2v) is 2.65. The summed E-state index contributed by atoms with van der Waals surface area (Å²) in [6.45, 7) is 2.13. The highest BCUT2D eigenvalue weighted by atomic mass is 16.5. The van der Waals surface area contributed by atoms with E-state index < -0.39 is 0 Å². The number of carbonyl (C=O) groups is 1. The van der Waals surface area contributed by atoms with Gasteiger partial charge in [-0.3, -0.25) is 4.79 Å².